The number of pyridine rings is 1. The monoisotopic (exact) mass is 375 g/mol. The molecule has 138 valence electrons. The average Bonchev–Trinajstić information content (AvgIpc) is 2.59. The van der Waals surface area contributed by atoms with Gasteiger partial charge in [0.2, 0.25) is 5.95 Å². The second-order valence-corrected chi connectivity index (χ2v) is 6.83. The molecule has 0 radical (unpaired) electrons. The highest BCUT2D eigenvalue weighted by Gasteiger charge is 2.35. The normalized spacial score (nSPS) is 16.6. The van der Waals surface area contributed by atoms with E-state index >= 15 is 0 Å². The molecule has 0 bridgehead atoms. The first kappa shape index (κ1) is 18.4. The number of ether oxygens (including phenoxy) is 1. The number of ketones is 1. The number of nitrogens with zero attached hydrogens (tertiary/aromatic N) is 4. The van der Waals surface area contributed by atoms with E-state index in [-0.39, 0.29) is 22.8 Å². The first-order valence-corrected chi connectivity index (χ1v) is 8.86. The van der Waals surface area contributed by atoms with E-state index in [1.807, 2.05) is 25.7 Å². The van der Waals surface area contributed by atoms with Crippen LogP contribution in [0.1, 0.15) is 40.5 Å². The Kier molecular flexibility index (Phi) is 5.00. The zero-order valence-electron chi connectivity index (χ0n) is 15.3. The smallest absolute Gasteiger partial charge is 0.223 e. The van der Waals surface area contributed by atoms with E-state index in [4.69, 9.17) is 22.1 Å². The summed E-state index contributed by atoms with van der Waals surface area (Å²) in [6.45, 7) is 6.93. The van der Waals surface area contributed by atoms with Gasteiger partial charge in [0.25, 0.3) is 0 Å². The lowest BCUT2D eigenvalue weighted by molar-refractivity contribution is 0.0911. The summed E-state index contributed by atoms with van der Waals surface area (Å²) in [6, 6.07) is 0. The molecule has 7 nitrogen and oxygen atoms in total. The molecule has 2 aromatic heterocycles. The van der Waals surface area contributed by atoms with Crippen LogP contribution in [0.2, 0.25) is 5.15 Å². The second-order valence-electron chi connectivity index (χ2n) is 6.47. The molecule has 0 spiro atoms. The van der Waals surface area contributed by atoms with Crippen LogP contribution < -0.4 is 15.4 Å². The first-order chi connectivity index (χ1) is 12.4. The van der Waals surface area contributed by atoms with Crippen LogP contribution in [-0.4, -0.2) is 34.4 Å². The van der Waals surface area contributed by atoms with Gasteiger partial charge in [-0.05, 0) is 20.3 Å². The number of fused-ring (bicyclic) bond motifs is 1. The Bertz CT molecular complexity index is 871. The van der Waals surface area contributed by atoms with E-state index < -0.39 is 0 Å². The van der Waals surface area contributed by atoms with Gasteiger partial charge in [-0.15, -0.1) is 0 Å². The number of nitrogens with two attached hydrogens (primary N) is 1. The van der Waals surface area contributed by atoms with Gasteiger partial charge < -0.3 is 15.4 Å². The SMILES string of the molecule is CCC1CN(Cc2ncc(C)c(OC)c2C)c2nc(N)nc(Cl)c2C1=O. The van der Waals surface area contributed by atoms with Gasteiger partial charge in [-0.1, -0.05) is 18.5 Å². The van der Waals surface area contributed by atoms with Gasteiger partial charge in [0.1, 0.15) is 16.7 Å². The fourth-order valence-electron chi connectivity index (χ4n) is 3.38. The van der Waals surface area contributed by atoms with Crippen molar-refractivity contribution >= 4 is 29.2 Å². The Morgan fingerprint density at radius 1 is 1.38 bits per heavy atom. The number of hydrogen-bond acceptors (Lipinski definition) is 7. The fraction of sp³-hybridized carbons (Fsp3) is 0.444. The number of methoxy groups -OCH3 is 1. The van der Waals surface area contributed by atoms with E-state index in [9.17, 15) is 4.79 Å². The molecule has 2 N–H and O–H groups in total. The number of halogens is 1. The number of anilines is 2. The largest absolute Gasteiger partial charge is 0.496 e. The summed E-state index contributed by atoms with van der Waals surface area (Å²) in [5.74, 6) is 1.14. The van der Waals surface area contributed by atoms with Gasteiger partial charge in [0.05, 0.1) is 24.9 Å². The summed E-state index contributed by atoms with van der Waals surface area (Å²) >= 11 is 6.22. The second kappa shape index (κ2) is 7.07. The van der Waals surface area contributed by atoms with Crippen LogP contribution in [0.4, 0.5) is 11.8 Å². The molecule has 3 heterocycles. The number of carbonyl (C=O) groups is 1. The molecule has 26 heavy (non-hydrogen) atoms. The highest BCUT2D eigenvalue weighted by atomic mass is 35.5. The summed E-state index contributed by atoms with van der Waals surface area (Å²) in [5, 5.41) is 0.104. The summed E-state index contributed by atoms with van der Waals surface area (Å²) in [4.78, 5) is 27.5. The number of carbonyl (C=O) groups excluding carboxylic acids is 1. The number of aryl methyl sites for hydroxylation is 1. The number of nitrogen functional groups attached to an aromatic ring is 1. The molecule has 0 saturated heterocycles. The molecule has 3 rings (SSSR count). The van der Waals surface area contributed by atoms with Crippen molar-refractivity contribution in [2.75, 3.05) is 24.3 Å². The van der Waals surface area contributed by atoms with E-state index in [0.717, 1.165) is 22.6 Å². The number of hydrogen-bond donors (Lipinski definition) is 1. The van der Waals surface area contributed by atoms with Crippen molar-refractivity contribution in [2.45, 2.75) is 33.7 Å². The van der Waals surface area contributed by atoms with Crippen molar-refractivity contribution in [3.8, 4) is 5.75 Å². The third kappa shape index (κ3) is 3.07. The van der Waals surface area contributed by atoms with Crippen LogP contribution in [0.5, 0.6) is 5.75 Å². The molecule has 2 aromatic rings. The summed E-state index contributed by atoms with van der Waals surface area (Å²) in [6.07, 6.45) is 2.49. The molecule has 0 fully saturated rings. The van der Waals surface area contributed by atoms with Gasteiger partial charge in [0.15, 0.2) is 5.78 Å². The number of rotatable bonds is 4. The third-order valence-electron chi connectivity index (χ3n) is 4.80. The van der Waals surface area contributed by atoms with Crippen LogP contribution in [0, 0.1) is 19.8 Å². The van der Waals surface area contributed by atoms with Crippen LogP contribution in [-0.2, 0) is 6.54 Å². The number of Topliss-reactive ketones (excluding diaryl/α,β-unsaturated/α-hetero) is 1. The van der Waals surface area contributed by atoms with E-state index in [0.29, 0.717) is 30.9 Å². The zero-order chi connectivity index (χ0) is 19.0. The lowest BCUT2D eigenvalue weighted by Gasteiger charge is -2.34. The van der Waals surface area contributed by atoms with E-state index in [2.05, 4.69) is 15.0 Å². The standard InChI is InChI=1S/C18H22ClN5O2/c1-5-11-7-24(8-12-10(3)15(26-4)9(2)6-21-12)17-13(14(11)25)16(19)22-18(20)23-17/h6,11H,5,7-8H2,1-4H3,(H2,20,22,23). The minimum atomic E-state index is -0.167. The Morgan fingerprint density at radius 2 is 2.12 bits per heavy atom. The van der Waals surface area contributed by atoms with E-state index in [1.54, 1.807) is 13.3 Å². The lowest BCUT2D eigenvalue weighted by Crippen LogP contribution is -2.40. The Labute approximate surface area is 157 Å². The molecule has 1 unspecified atom stereocenters. The van der Waals surface area contributed by atoms with Crippen LogP contribution in [0.25, 0.3) is 0 Å². The Morgan fingerprint density at radius 3 is 2.77 bits per heavy atom. The summed E-state index contributed by atoms with van der Waals surface area (Å²) in [7, 11) is 1.65. The quantitative estimate of drug-likeness (QED) is 0.821. The fourth-order valence-corrected chi connectivity index (χ4v) is 3.65. The van der Waals surface area contributed by atoms with Crippen LogP contribution >= 0.6 is 11.6 Å². The molecule has 0 aliphatic carbocycles. The molecule has 1 atom stereocenters. The maximum absolute atomic E-state index is 12.7. The predicted octanol–water partition coefficient (Wildman–Crippen LogP) is 2.96. The van der Waals surface area contributed by atoms with Crippen LogP contribution in [0.15, 0.2) is 6.20 Å². The van der Waals surface area contributed by atoms with Gasteiger partial charge in [0, 0.05) is 29.8 Å². The summed E-state index contributed by atoms with van der Waals surface area (Å²) < 4.78 is 5.49. The Hall–Kier alpha value is -2.41. The average molecular weight is 376 g/mol. The highest BCUT2D eigenvalue weighted by molar-refractivity contribution is 6.34. The van der Waals surface area contributed by atoms with Crippen molar-refractivity contribution < 1.29 is 9.53 Å². The molecular formula is C18H22ClN5O2. The summed E-state index contributed by atoms with van der Waals surface area (Å²) in [5.41, 5.74) is 8.91. The van der Waals surface area contributed by atoms with Gasteiger partial charge in [-0.25, -0.2) is 4.98 Å². The minimum absolute atomic E-state index is 0.0325. The van der Waals surface area contributed by atoms with Crippen molar-refractivity contribution in [2.24, 2.45) is 5.92 Å². The van der Waals surface area contributed by atoms with Crippen molar-refractivity contribution in [3.63, 3.8) is 0 Å². The predicted molar refractivity (Wildman–Crippen MR) is 101 cm³/mol. The van der Waals surface area contributed by atoms with Gasteiger partial charge >= 0.3 is 0 Å². The maximum Gasteiger partial charge on any atom is 0.223 e. The van der Waals surface area contributed by atoms with Crippen molar-refractivity contribution in [1.29, 1.82) is 0 Å². The van der Waals surface area contributed by atoms with Crippen molar-refractivity contribution in [3.05, 3.63) is 33.7 Å². The van der Waals surface area contributed by atoms with Crippen molar-refractivity contribution in [1.82, 2.24) is 15.0 Å². The van der Waals surface area contributed by atoms with Gasteiger partial charge in [-0.2, -0.15) is 4.98 Å². The molecular weight excluding hydrogens is 354 g/mol. The van der Waals surface area contributed by atoms with Crippen LogP contribution in [0.3, 0.4) is 0 Å². The minimum Gasteiger partial charge on any atom is -0.496 e. The molecule has 1 aliphatic heterocycles. The molecule has 0 saturated carbocycles. The lowest BCUT2D eigenvalue weighted by atomic mass is 9.91. The topological polar surface area (TPSA) is 94.2 Å². The molecule has 1 aliphatic rings. The van der Waals surface area contributed by atoms with Gasteiger partial charge in [-0.3, -0.25) is 9.78 Å². The third-order valence-corrected chi connectivity index (χ3v) is 5.08. The molecule has 0 aromatic carbocycles. The van der Waals surface area contributed by atoms with E-state index in [1.165, 1.54) is 0 Å². The zero-order valence-corrected chi connectivity index (χ0v) is 16.1. The Balaban J connectivity index is 2.07. The molecule has 0 amide bonds. The maximum atomic E-state index is 12.7. The molecule has 8 heteroatoms. The first-order valence-electron chi connectivity index (χ1n) is 8.48. The number of aromatic nitrogens is 3. The highest BCUT2D eigenvalue weighted by Crippen LogP contribution is 2.35.